The number of imidazole rings is 1. The number of hydrogen-bond acceptors (Lipinski definition) is 2. The summed E-state index contributed by atoms with van der Waals surface area (Å²) < 4.78 is 1.52. The maximum atomic E-state index is 12.1. The molecule has 0 N–H and O–H groups in total. The van der Waals surface area contributed by atoms with Crippen LogP contribution in [0.4, 0.5) is 4.79 Å². The van der Waals surface area contributed by atoms with Crippen LogP contribution < -0.4 is 0 Å². The summed E-state index contributed by atoms with van der Waals surface area (Å²) in [4.78, 5) is 17.9. The van der Waals surface area contributed by atoms with E-state index < -0.39 is 0 Å². The molecule has 0 radical (unpaired) electrons. The molecule has 2 aromatic rings. The number of amides is 1. The van der Waals surface area contributed by atoms with Gasteiger partial charge in [0.25, 0.3) is 0 Å². The average molecular weight is 227 g/mol. The zero-order chi connectivity index (χ0) is 11.7. The summed E-state index contributed by atoms with van der Waals surface area (Å²) in [6.45, 7) is 0.816. The van der Waals surface area contributed by atoms with Crippen LogP contribution >= 0.6 is 0 Å². The van der Waals surface area contributed by atoms with Crippen molar-refractivity contribution in [3.63, 3.8) is 0 Å². The fourth-order valence-electron chi connectivity index (χ4n) is 2.16. The van der Waals surface area contributed by atoms with E-state index in [0.717, 1.165) is 13.0 Å². The Balaban J connectivity index is 1.80. The second kappa shape index (κ2) is 4.05. The van der Waals surface area contributed by atoms with Gasteiger partial charge in [0.05, 0.1) is 6.04 Å². The fraction of sp³-hybridized carbons (Fsp3) is 0.231. The minimum absolute atomic E-state index is 0.00241. The number of carbonyl (C=O) groups is 1. The average Bonchev–Trinajstić information content (AvgIpc) is 2.82. The summed E-state index contributed by atoms with van der Waals surface area (Å²) in [7, 11) is 0. The number of likely N-dealkylation sites (tertiary alicyclic amines) is 1. The highest BCUT2D eigenvalue weighted by Gasteiger charge is 2.33. The molecule has 1 aromatic heterocycles. The highest BCUT2D eigenvalue weighted by atomic mass is 16.2. The predicted molar refractivity (Wildman–Crippen MR) is 63.5 cm³/mol. The van der Waals surface area contributed by atoms with E-state index in [1.807, 2.05) is 23.1 Å². The summed E-state index contributed by atoms with van der Waals surface area (Å²) in [5, 5.41) is 0. The first-order chi connectivity index (χ1) is 8.36. The molecule has 1 amide bonds. The number of aromatic nitrogens is 2. The minimum atomic E-state index is 0.00241. The molecule has 0 aliphatic carbocycles. The van der Waals surface area contributed by atoms with Crippen molar-refractivity contribution < 1.29 is 4.79 Å². The summed E-state index contributed by atoms with van der Waals surface area (Å²) in [6.07, 6.45) is 5.88. The summed E-state index contributed by atoms with van der Waals surface area (Å²) in [6, 6.07) is 10.4. The van der Waals surface area contributed by atoms with Gasteiger partial charge in [0, 0.05) is 18.9 Å². The van der Waals surface area contributed by atoms with Crippen LogP contribution in [-0.4, -0.2) is 27.0 Å². The van der Waals surface area contributed by atoms with Gasteiger partial charge in [-0.2, -0.15) is 0 Å². The van der Waals surface area contributed by atoms with E-state index in [-0.39, 0.29) is 12.1 Å². The monoisotopic (exact) mass is 227 g/mol. The molecule has 0 bridgehead atoms. The normalized spacial score (nSPS) is 18.8. The van der Waals surface area contributed by atoms with Gasteiger partial charge in [0.2, 0.25) is 0 Å². The van der Waals surface area contributed by atoms with Crippen molar-refractivity contribution in [3.05, 3.63) is 54.6 Å². The Morgan fingerprint density at radius 1 is 1.29 bits per heavy atom. The Labute approximate surface area is 99.5 Å². The number of nitrogens with zero attached hydrogens (tertiary/aromatic N) is 3. The summed E-state index contributed by atoms with van der Waals surface area (Å²) >= 11 is 0. The highest BCUT2D eigenvalue weighted by Crippen LogP contribution is 2.33. The molecule has 0 spiro atoms. The van der Waals surface area contributed by atoms with E-state index in [1.54, 1.807) is 18.7 Å². The van der Waals surface area contributed by atoms with Crippen LogP contribution in [0.25, 0.3) is 0 Å². The van der Waals surface area contributed by atoms with Gasteiger partial charge < -0.3 is 4.90 Å². The van der Waals surface area contributed by atoms with E-state index >= 15 is 0 Å². The predicted octanol–water partition coefficient (Wildman–Crippen LogP) is 2.30. The van der Waals surface area contributed by atoms with Crippen molar-refractivity contribution in [2.75, 3.05) is 6.54 Å². The molecule has 86 valence electrons. The number of hydrogen-bond donors (Lipinski definition) is 0. The Bertz CT molecular complexity index is 507. The van der Waals surface area contributed by atoms with Crippen LogP contribution in [0.1, 0.15) is 18.0 Å². The zero-order valence-corrected chi connectivity index (χ0v) is 9.36. The van der Waals surface area contributed by atoms with E-state index in [1.165, 1.54) is 10.1 Å². The van der Waals surface area contributed by atoms with Gasteiger partial charge in [-0.1, -0.05) is 30.3 Å². The van der Waals surface area contributed by atoms with E-state index in [2.05, 4.69) is 17.1 Å². The quantitative estimate of drug-likeness (QED) is 0.749. The van der Waals surface area contributed by atoms with Crippen LogP contribution in [0.5, 0.6) is 0 Å². The molecular formula is C13H13N3O. The van der Waals surface area contributed by atoms with Crippen molar-refractivity contribution in [3.8, 4) is 0 Å². The molecule has 1 aliphatic heterocycles. The Morgan fingerprint density at radius 3 is 2.71 bits per heavy atom. The maximum Gasteiger partial charge on any atom is 0.329 e. The maximum absolute atomic E-state index is 12.1. The third-order valence-corrected chi connectivity index (χ3v) is 3.17. The molecule has 1 aliphatic rings. The standard InChI is InChI=1S/C13H13N3O/c17-13(15-9-7-14-10-15)16-8-6-12(16)11-4-2-1-3-5-11/h1-5,7,9-10,12H,6,8H2. The van der Waals surface area contributed by atoms with Gasteiger partial charge in [0.15, 0.2) is 0 Å². The molecule has 0 saturated carbocycles. The SMILES string of the molecule is O=C(N1CCC1c1ccccc1)n1ccnc1. The molecule has 1 unspecified atom stereocenters. The Morgan fingerprint density at radius 2 is 2.12 bits per heavy atom. The van der Waals surface area contributed by atoms with Crippen LogP contribution in [0.15, 0.2) is 49.1 Å². The molecule has 1 atom stereocenters. The third-order valence-electron chi connectivity index (χ3n) is 3.17. The second-order valence-corrected chi connectivity index (χ2v) is 4.16. The second-order valence-electron chi connectivity index (χ2n) is 4.16. The molecule has 1 fully saturated rings. The minimum Gasteiger partial charge on any atom is -0.317 e. The number of carbonyl (C=O) groups excluding carboxylic acids is 1. The van der Waals surface area contributed by atoms with E-state index in [9.17, 15) is 4.79 Å². The third kappa shape index (κ3) is 1.71. The molecule has 4 nitrogen and oxygen atoms in total. The number of benzene rings is 1. The van der Waals surface area contributed by atoms with Gasteiger partial charge in [-0.15, -0.1) is 0 Å². The lowest BCUT2D eigenvalue weighted by Crippen LogP contribution is -2.46. The summed E-state index contributed by atoms with van der Waals surface area (Å²) in [5.74, 6) is 0. The van der Waals surface area contributed by atoms with Gasteiger partial charge in [0.1, 0.15) is 6.33 Å². The lowest BCUT2D eigenvalue weighted by molar-refractivity contribution is 0.116. The molecule has 4 heteroatoms. The van der Waals surface area contributed by atoms with E-state index in [4.69, 9.17) is 0 Å². The van der Waals surface area contributed by atoms with Crippen molar-refractivity contribution >= 4 is 6.03 Å². The zero-order valence-electron chi connectivity index (χ0n) is 9.36. The van der Waals surface area contributed by atoms with Crippen LogP contribution in [-0.2, 0) is 0 Å². The van der Waals surface area contributed by atoms with Gasteiger partial charge >= 0.3 is 6.03 Å². The lowest BCUT2D eigenvalue weighted by Gasteiger charge is -2.41. The highest BCUT2D eigenvalue weighted by molar-refractivity contribution is 5.78. The Hall–Kier alpha value is -2.10. The fourth-order valence-corrected chi connectivity index (χ4v) is 2.16. The van der Waals surface area contributed by atoms with Crippen molar-refractivity contribution in [1.82, 2.24) is 14.5 Å². The van der Waals surface area contributed by atoms with Crippen molar-refractivity contribution in [2.45, 2.75) is 12.5 Å². The van der Waals surface area contributed by atoms with Crippen molar-refractivity contribution in [2.24, 2.45) is 0 Å². The van der Waals surface area contributed by atoms with Gasteiger partial charge in [-0.25, -0.2) is 9.78 Å². The molecule has 3 rings (SSSR count). The smallest absolute Gasteiger partial charge is 0.317 e. The molecule has 17 heavy (non-hydrogen) atoms. The van der Waals surface area contributed by atoms with Crippen LogP contribution in [0.3, 0.4) is 0 Å². The molecular weight excluding hydrogens is 214 g/mol. The summed E-state index contributed by atoms with van der Waals surface area (Å²) in [5.41, 5.74) is 1.20. The Kier molecular flexibility index (Phi) is 2.40. The lowest BCUT2D eigenvalue weighted by atomic mass is 9.95. The van der Waals surface area contributed by atoms with Crippen molar-refractivity contribution in [1.29, 1.82) is 0 Å². The van der Waals surface area contributed by atoms with Crippen LogP contribution in [0.2, 0.25) is 0 Å². The first kappa shape index (κ1) is 10.1. The molecule has 2 heterocycles. The topological polar surface area (TPSA) is 38.1 Å². The number of rotatable bonds is 1. The van der Waals surface area contributed by atoms with Crippen LogP contribution in [0, 0.1) is 0 Å². The largest absolute Gasteiger partial charge is 0.329 e. The molecule has 1 saturated heterocycles. The molecule has 1 aromatic carbocycles. The van der Waals surface area contributed by atoms with Gasteiger partial charge in [-0.05, 0) is 12.0 Å². The van der Waals surface area contributed by atoms with E-state index in [0.29, 0.717) is 0 Å². The first-order valence-electron chi connectivity index (χ1n) is 5.70. The first-order valence-corrected chi connectivity index (χ1v) is 5.70. The van der Waals surface area contributed by atoms with Gasteiger partial charge in [-0.3, -0.25) is 4.57 Å².